The largest absolute Gasteiger partial charge is 0.510 e. The van der Waals surface area contributed by atoms with Crippen LogP contribution in [0.1, 0.15) is 60.7 Å². The molecule has 0 saturated carbocycles. The number of nitrogens with two attached hydrogens (primary N) is 1. The fraction of sp³-hybridized carbons (Fsp3) is 0.552. The second-order valence-corrected chi connectivity index (χ2v) is 12.7. The molecule has 13 heteroatoms. The Kier molecular flexibility index (Phi) is 7.79. The van der Waals surface area contributed by atoms with Crippen molar-refractivity contribution >= 4 is 17.5 Å². The molecule has 42 heavy (non-hydrogen) atoms. The van der Waals surface area contributed by atoms with Gasteiger partial charge in [-0.05, 0) is 68.4 Å². The molecule has 10 nitrogen and oxygen atoms in total. The lowest BCUT2D eigenvalue weighted by atomic mass is 9.58. The fourth-order valence-electron chi connectivity index (χ4n) is 6.57. The molecule has 0 heterocycles. The minimum atomic E-state index is -4.90. The van der Waals surface area contributed by atoms with Gasteiger partial charge in [-0.25, -0.2) is 0 Å². The van der Waals surface area contributed by atoms with Crippen molar-refractivity contribution in [2.24, 2.45) is 23.0 Å². The third kappa shape index (κ3) is 4.96. The van der Waals surface area contributed by atoms with E-state index in [2.05, 4.69) is 5.32 Å². The molecule has 1 amide bonds. The van der Waals surface area contributed by atoms with Gasteiger partial charge < -0.3 is 31.5 Å². The number of halogens is 3. The van der Waals surface area contributed by atoms with E-state index in [1.54, 1.807) is 0 Å². The van der Waals surface area contributed by atoms with Crippen molar-refractivity contribution in [1.29, 1.82) is 0 Å². The number of nitrogens with zero attached hydrogens (tertiary/aromatic N) is 1. The lowest BCUT2D eigenvalue weighted by Gasteiger charge is -2.50. The number of rotatable bonds is 6. The van der Waals surface area contributed by atoms with Crippen molar-refractivity contribution in [2.75, 3.05) is 20.6 Å². The molecule has 4 atom stereocenters. The maximum Gasteiger partial charge on any atom is 0.417 e. The number of likely N-dealkylation sites (N-methyl/N-ethyl adjacent to an activating group) is 1. The Hall–Kier alpha value is -3.42. The molecule has 0 spiro atoms. The molecule has 0 saturated heterocycles. The Bertz CT molecular complexity index is 1420. The molecule has 3 aliphatic carbocycles. The first-order valence-corrected chi connectivity index (χ1v) is 13.5. The first kappa shape index (κ1) is 31.5. The predicted molar refractivity (Wildman–Crippen MR) is 144 cm³/mol. The first-order valence-electron chi connectivity index (χ1n) is 13.5. The molecule has 0 fully saturated rings. The Balaban J connectivity index is 1.87. The zero-order valence-electron chi connectivity index (χ0n) is 24.0. The summed E-state index contributed by atoms with van der Waals surface area (Å²) in [5.41, 5.74) is -1.58. The molecule has 0 aromatic heterocycles. The number of allylic oxidation sites excluding steroid dienone is 1. The van der Waals surface area contributed by atoms with Gasteiger partial charge in [0.05, 0.1) is 17.2 Å². The number of amides is 1. The van der Waals surface area contributed by atoms with Gasteiger partial charge in [0.2, 0.25) is 5.78 Å². The second kappa shape index (κ2) is 10.4. The second-order valence-electron chi connectivity index (χ2n) is 12.7. The third-order valence-corrected chi connectivity index (χ3v) is 8.46. The summed E-state index contributed by atoms with van der Waals surface area (Å²) in [6, 6.07) is -0.383. The standard InChI is InChI=1S/C29H36F3N3O7/c1-27(2,3)6-7-34-11-13-10-16(36)18-14(20(13)29(30,31)32)8-12-9-15-21(35(4)5)23(38)19(26(33)41)25(40)28(15,42)24(39)17(12)22(18)37/h10,12,15,21,34,36,38-39,42H,6-9,11H2,1-5H3,(H2,33,41)/t12-,15-,21-,28-/m0/s1. The average molecular weight is 596 g/mol. The molecule has 4 rings (SSSR count). The number of phenols is 1. The van der Waals surface area contributed by atoms with E-state index >= 15 is 0 Å². The molecule has 0 aliphatic heterocycles. The summed E-state index contributed by atoms with van der Waals surface area (Å²) < 4.78 is 43.7. The third-order valence-electron chi connectivity index (χ3n) is 8.46. The molecule has 0 unspecified atom stereocenters. The van der Waals surface area contributed by atoms with Crippen molar-refractivity contribution in [3.05, 3.63) is 51.0 Å². The van der Waals surface area contributed by atoms with Crippen LogP contribution in [0.2, 0.25) is 0 Å². The summed E-state index contributed by atoms with van der Waals surface area (Å²) in [5.74, 6) is -9.04. The van der Waals surface area contributed by atoms with Gasteiger partial charge in [-0.2, -0.15) is 13.2 Å². The minimum absolute atomic E-state index is 0.0648. The zero-order chi connectivity index (χ0) is 31.7. The van der Waals surface area contributed by atoms with Crippen LogP contribution in [-0.2, 0) is 28.7 Å². The number of aromatic hydroxyl groups is 1. The Morgan fingerprint density at radius 3 is 2.31 bits per heavy atom. The number of aliphatic hydroxyl groups excluding tert-OH is 2. The summed E-state index contributed by atoms with van der Waals surface area (Å²) >= 11 is 0. The SMILES string of the molecule is CN(C)[C@@H]1C(O)=C(C(N)=O)C(=O)[C@@]2(O)C(O)=C3C(=O)c4c(O)cc(CNCCC(C)(C)C)c(C(F)(F)F)c4C[C@H]3C[C@@H]12. The zero-order valence-corrected chi connectivity index (χ0v) is 24.0. The molecule has 230 valence electrons. The highest BCUT2D eigenvalue weighted by Gasteiger charge is 2.63. The number of aliphatic hydroxyl groups is 3. The van der Waals surface area contributed by atoms with Crippen LogP contribution in [0.4, 0.5) is 13.2 Å². The number of Topliss-reactive ketones (excluding diaryl/α,β-unsaturated/α-hetero) is 2. The van der Waals surface area contributed by atoms with E-state index in [4.69, 9.17) is 5.73 Å². The van der Waals surface area contributed by atoms with Gasteiger partial charge >= 0.3 is 6.18 Å². The quantitative estimate of drug-likeness (QED) is 0.214. The monoisotopic (exact) mass is 595 g/mol. The van der Waals surface area contributed by atoms with Gasteiger partial charge in [0, 0.05) is 18.0 Å². The van der Waals surface area contributed by atoms with E-state index in [0.29, 0.717) is 13.0 Å². The van der Waals surface area contributed by atoms with E-state index in [-0.39, 0.29) is 23.9 Å². The minimum Gasteiger partial charge on any atom is -0.510 e. The first-order chi connectivity index (χ1) is 19.2. The summed E-state index contributed by atoms with van der Waals surface area (Å²) in [4.78, 5) is 40.5. The number of carbonyl (C=O) groups excluding carboxylic acids is 3. The molecular weight excluding hydrogens is 559 g/mol. The Morgan fingerprint density at radius 2 is 1.79 bits per heavy atom. The topological polar surface area (TPSA) is 173 Å². The molecule has 0 radical (unpaired) electrons. The predicted octanol–water partition coefficient (Wildman–Crippen LogP) is 2.67. The van der Waals surface area contributed by atoms with E-state index < -0.39 is 98.7 Å². The average Bonchev–Trinajstić information content (AvgIpc) is 2.82. The van der Waals surface area contributed by atoms with Gasteiger partial charge in [-0.1, -0.05) is 20.8 Å². The van der Waals surface area contributed by atoms with Crippen LogP contribution in [-0.4, -0.2) is 75.1 Å². The van der Waals surface area contributed by atoms with Crippen molar-refractivity contribution < 1.29 is 48.0 Å². The number of primary amides is 1. The normalized spacial score (nSPS) is 26.4. The number of fused-ring (bicyclic) bond motifs is 3. The number of hydrogen-bond acceptors (Lipinski definition) is 9. The molecule has 0 bridgehead atoms. The van der Waals surface area contributed by atoms with Crippen LogP contribution < -0.4 is 11.1 Å². The van der Waals surface area contributed by atoms with E-state index in [1.807, 2.05) is 20.8 Å². The van der Waals surface area contributed by atoms with Crippen molar-refractivity contribution in [2.45, 2.75) is 64.4 Å². The Morgan fingerprint density at radius 1 is 1.17 bits per heavy atom. The van der Waals surface area contributed by atoms with E-state index in [9.17, 15) is 48.0 Å². The van der Waals surface area contributed by atoms with Gasteiger partial charge in [0.15, 0.2) is 11.4 Å². The number of hydrogen-bond donors (Lipinski definition) is 6. The van der Waals surface area contributed by atoms with E-state index in [0.717, 1.165) is 6.07 Å². The van der Waals surface area contributed by atoms with E-state index in [1.165, 1.54) is 19.0 Å². The number of nitrogens with one attached hydrogen (secondary N) is 1. The van der Waals surface area contributed by atoms with Crippen molar-refractivity contribution in [1.82, 2.24) is 10.2 Å². The molecule has 1 aromatic rings. The number of benzene rings is 1. The van der Waals surface area contributed by atoms with Crippen LogP contribution in [0.3, 0.4) is 0 Å². The lowest BCUT2D eigenvalue weighted by Crippen LogP contribution is -2.63. The van der Waals surface area contributed by atoms with Gasteiger partial charge in [-0.15, -0.1) is 0 Å². The number of carbonyl (C=O) groups is 3. The van der Waals surface area contributed by atoms with Crippen LogP contribution in [0.15, 0.2) is 28.7 Å². The lowest BCUT2D eigenvalue weighted by molar-refractivity contribution is -0.148. The van der Waals surface area contributed by atoms with Crippen LogP contribution >= 0.6 is 0 Å². The Labute approximate surface area is 240 Å². The van der Waals surface area contributed by atoms with Crippen LogP contribution in [0, 0.1) is 17.3 Å². The summed E-state index contributed by atoms with van der Waals surface area (Å²) in [6.45, 7) is 6.15. The van der Waals surface area contributed by atoms with Crippen molar-refractivity contribution in [3.8, 4) is 5.75 Å². The van der Waals surface area contributed by atoms with Gasteiger partial charge in [-0.3, -0.25) is 19.3 Å². The number of phenolic OH excluding ortho intramolecular Hbond substituents is 1. The maximum absolute atomic E-state index is 14.6. The van der Waals surface area contributed by atoms with Crippen molar-refractivity contribution in [3.63, 3.8) is 0 Å². The van der Waals surface area contributed by atoms with Crippen LogP contribution in [0.5, 0.6) is 5.75 Å². The molecule has 1 aromatic carbocycles. The van der Waals surface area contributed by atoms with Crippen LogP contribution in [0.25, 0.3) is 0 Å². The number of alkyl halides is 3. The molecular formula is C29H36F3N3O7. The highest BCUT2D eigenvalue weighted by atomic mass is 19.4. The molecule has 7 N–H and O–H groups in total. The molecule has 3 aliphatic rings. The number of ketones is 2. The summed E-state index contributed by atoms with van der Waals surface area (Å²) in [5, 5.41) is 47.5. The van der Waals surface area contributed by atoms with Gasteiger partial charge in [0.25, 0.3) is 5.91 Å². The maximum atomic E-state index is 14.6. The smallest absolute Gasteiger partial charge is 0.417 e. The fourth-order valence-corrected chi connectivity index (χ4v) is 6.57. The summed E-state index contributed by atoms with van der Waals surface area (Å²) in [7, 11) is 2.93. The highest BCUT2D eigenvalue weighted by molar-refractivity contribution is 6.24. The van der Waals surface area contributed by atoms with Gasteiger partial charge in [0.1, 0.15) is 22.8 Å². The summed E-state index contributed by atoms with van der Waals surface area (Å²) in [6.07, 6.45) is -4.99. The highest BCUT2D eigenvalue weighted by Crippen LogP contribution is 2.53.